The van der Waals surface area contributed by atoms with E-state index in [0.717, 1.165) is 12.2 Å². The van der Waals surface area contributed by atoms with Crippen LogP contribution in [0.5, 0.6) is 0 Å². The van der Waals surface area contributed by atoms with Gasteiger partial charge in [-0.05, 0) is 17.7 Å². The molecule has 0 saturated heterocycles. The lowest BCUT2D eigenvalue weighted by atomic mass is 10.2. The molecule has 6 nitrogen and oxygen atoms in total. The minimum atomic E-state index is -1.27. The Morgan fingerprint density at radius 2 is 1.90 bits per heavy atom. The predicted octanol–water partition coefficient (Wildman–Crippen LogP) is 0.407. The van der Waals surface area contributed by atoms with Crippen LogP contribution in [0.25, 0.3) is 0 Å². The van der Waals surface area contributed by atoms with Gasteiger partial charge in [-0.15, -0.1) is 0 Å². The fourth-order valence-corrected chi connectivity index (χ4v) is 2.43. The molecule has 4 N–H and O–H groups in total. The number of carboxylic acid groups (broad SMARTS) is 1. The van der Waals surface area contributed by atoms with Crippen molar-refractivity contribution in [1.29, 1.82) is 0 Å². The molecule has 0 heterocycles. The zero-order valence-corrected chi connectivity index (χ0v) is 12.3. The number of nitrogens with one attached hydrogen (secondary N) is 1. The molecule has 1 aromatic carbocycles. The summed E-state index contributed by atoms with van der Waals surface area (Å²) in [6, 6.07) is 8.60. The van der Waals surface area contributed by atoms with E-state index < -0.39 is 30.2 Å². The third-order valence-corrected chi connectivity index (χ3v) is 3.61. The first-order valence-corrected chi connectivity index (χ1v) is 7.56. The summed E-state index contributed by atoms with van der Waals surface area (Å²) in [4.78, 5) is 33.2. The number of rotatable bonds is 9. The number of hydrogen-bond acceptors (Lipinski definition) is 4. The maximum absolute atomic E-state index is 11.6. The largest absolute Gasteiger partial charge is 0.480 e. The Morgan fingerprint density at radius 1 is 1.24 bits per heavy atom. The molecule has 0 radical (unpaired) electrons. The first kappa shape index (κ1) is 17.0. The van der Waals surface area contributed by atoms with Gasteiger partial charge < -0.3 is 16.2 Å². The van der Waals surface area contributed by atoms with Crippen molar-refractivity contribution in [3.05, 3.63) is 35.9 Å². The highest BCUT2D eigenvalue weighted by Gasteiger charge is 2.21. The summed E-state index contributed by atoms with van der Waals surface area (Å²) < 4.78 is 0. The van der Waals surface area contributed by atoms with Gasteiger partial charge in [0.05, 0.1) is 12.2 Å². The van der Waals surface area contributed by atoms with Crippen LogP contribution in [0.2, 0.25) is 0 Å². The van der Waals surface area contributed by atoms with E-state index in [2.05, 4.69) is 5.32 Å². The maximum atomic E-state index is 11.6. The maximum Gasteiger partial charge on any atom is 0.326 e. The number of benzene rings is 1. The molecular formula is C14H18N2O4S. The van der Waals surface area contributed by atoms with Gasteiger partial charge in [0.1, 0.15) is 6.04 Å². The standard InChI is InChI=1S/C14H18N2O4S/c15-12(17)8-11(14(19)20)16-13(18)9-21-7-6-10-4-2-1-3-5-10/h1-5,11H,6-9H2,(H2,15,17)(H,16,18)(H,19,20). The van der Waals surface area contributed by atoms with Crippen molar-refractivity contribution in [2.75, 3.05) is 11.5 Å². The molecule has 114 valence electrons. The highest BCUT2D eigenvalue weighted by atomic mass is 32.2. The van der Waals surface area contributed by atoms with Crippen LogP contribution in [0, 0.1) is 0 Å². The Kier molecular flexibility index (Phi) is 7.31. The minimum Gasteiger partial charge on any atom is -0.480 e. The Labute approximate surface area is 127 Å². The number of nitrogens with two attached hydrogens (primary N) is 1. The van der Waals surface area contributed by atoms with Gasteiger partial charge in [0.15, 0.2) is 0 Å². The summed E-state index contributed by atoms with van der Waals surface area (Å²) in [6.45, 7) is 0. The van der Waals surface area contributed by atoms with Crippen LogP contribution < -0.4 is 11.1 Å². The lowest BCUT2D eigenvalue weighted by molar-refractivity contribution is -0.143. The zero-order valence-electron chi connectivity index (χ0n) is 11.5. The van der Waals surface area contributed by atoms with E-state index in [1.165, 1.54) is 17.3 Å². The molecule has 0 aromatic heterocycles. The van der Waals surface area contributed by atoms with Crippen molar-refractivity contribution in [2.45, 2.75) is 18.9 Å². The highest BCUT2D eigenvalue weighted by Crippen LogP contribution is 2.07. The van der Waals surface area contributed by atoms with Crippen molar-refractivity contribution >= 4 is 29.5 Å². The number of carbonyl (C=O) groups is 3. The second-order valence-corrected chi connectivity index (χ2v) is 5.52. The Hall–Kier alpha value is -2.02. The van der Waals surface area contributed by atoms with Crippen LogP contribution in [0.15, 0.2) is 30.3 Å². The number of aryl methyl sites for hydroxylation is 1. The second kappa shape index (κ2) is 9.02. The SMILES string of the molecule is NC(=O)CC(NC(=O)CSCCc1ccccc1)C(=O)O. The van der Waals surface area contributed by atoms with Crippen LogP contribution in [0.3, 0.4) is 0 Å². The third kappa shape index (κ3) is 7.36. The molecule has 0 aliphatic heterocycles. The molecular weight excluding hydrogens is 292 g/mol. The quantitative estimate of drug-likeness (QED) is 0.572. The number of hydrogen-bond donors (Lipinski definition) is 3. The number of amides is 2. The summed E-state index contributed by atoms with van der Waals surface area (Å²) in [5, 5.41) is 11.1. The van der Waals surface area contributed by atoms with E-state index >= 15 is 0 Å². The lowest BCUT2D eigenvalue weighted by Crippen LogP contribution is -2.44. The second-order valence-electron chi connectivity index (χ2n) is 4.42. The molecule has 0 saturated carbocycles. The number of primary amides is 1. The third-order valence-electron chi connectivity index (χ3n) is 2.65. The highest BCUT2D eigenvalue weighted by molar-refractivity contribution is 7.99. The van der Waals surface area contributed by atoms with E-state index in [9.17, 15) is 14.4 Å². The molecule has 21 heavy (non-hydrogen) atoms. The molecule has 1 unspecified atom stereocenters. The average Bonchev–Trinajstić information content (AvgIpc) is 2.43. The van der Waals surface area contributed by atoms with Crippen molar-refractivity contribution < 1.29 is 19.5 Å². The summed E-state index contributed by atoms with van der Waals surface area (Å²) in [6.07, 6.45) is 0.429. The van der Waals surface area contributed by atoms with Gasteiger partial charge in [0, 0.05) is 0 Å². The summed E-state index contributed by atoms with van der Waals surface area (Å²) in [7, 11) is 0. The molecule has 0 aliphatic rings. The molecule has 0 spiro atoms. The van der Waals surface area contributed by atoms with Crippen LogP contribution in [0.1, 0.15) is 12.0 Å². The van der Waals surface area contributed by atoms with Gasteiger partial charge in [-0.25, -0.2) is 4.79 Å². The molecule has 0 fully saturated rings. The van der Waals surface area contributed by atoms with Crippen molar-refractivity contribution in [1.82, 2.24) is 5.32 Å². The number of aliphatic carboxylic acids is 1. The minimum absolute atomic E-state index is 0.148. The molecule has 1 atom stereocenters. The van der Waals surface area contributed by atoms with Crippen LogP contribution in [-0.4, -0.2) is 40.4 Å². The first-order valence-electron chi connectivity index (χ1n) is 6.41. The predicted molar refractivity (Wildman–Crippen MR) is 80.8 cm³/mol. The molecule has 0 bridgehead atoms. The number of thioether (sulfide) groups is 1. The number of carboxylic acids is 1. The van der Waals surface area contributed by atoms with E-state index in [0.29, 0.717) is 0 Å². The first-order chi connectivity index (χ1) is 9.99. The fraction of sp³-hybridized carbons (Fsp3) is 0.357. The summed E-state index contributed by atoms with van der Waals surface area (Å²) in [5.41, 5.74) is 6.12. The summed E-state index contributed by atoms with van der Waals surface area (Å²) >= 11 is 1.41. The lowest BCUT2D eigenvalue weighted by Gasteiger charge is -2.12. The Balaban J connectivity index is 2.26. The van der Waals surface area contributed by atoms with Crippen LogP contribution in [-0.2, 0) is 20.8 Å². The van der Waals surface area contributed by atoms with E-state index in [1.807, 2.05) is 30.3 Å². The Morgan fingerprint density at radius 3 is 2.48 bits per heavy atom. The zero-order chi connectivity index (χ0) is 15.7. The van der Waals surface area contributed by atoms with Gasteiger partial charge in [-0.2, -0.15) is 11.8 Å². The van der Waals surface area contributed by atoms with Gasteiger partial charge in [-0.3, -0.25) is 9.59 Å². The van der Waals surface area contributed by atoms with E-state index in [-0.39, 0.29) is 5.75 Å². The molecule has 0 aliphatic carbocycles. The molecule has 1 aromatic rings. The van der Waals surface area contributed by atoms with Crippen molar-refractivity contribution in [3.8, 4) is 0 Å². The monoisotopic (exact) mass is 310 g/mol. The van der Waals surface area contributed by atoms with Crippen molar-refractivity contribution in [2.24, 2.45) is 5.73 Å². The van der Waals surface area contributed by atoms with E-state index in [4.69, 9.17) is 10.8 Å². The normalized spacial score (nSPS) is 11.6. The van der Waals surface area contributed by atoms with Gasteiger partial charge >= 0.3 is 5.97 Å². The van der Waals surface area contributed by atoms with E-state index in [1.54, 1.807) is 0 Å². The smallest absolute Gasteiger partial charge is 0.326 e. The van der Waals surface area contributed by atoms with Gasteiger partial charge in [-0.1, -0.05) is 30.3 Å². The van der Waals surface area contributed by atoms with Gasteiger partial charge in [0.2, 0.25) is 11.8 Å². The fourth-order valence-electron chi connectivity index (χ4n) is 1.64. The molecule has 7 heteroatoms. The van der Waals surface area contributed by atoms with Crippen LogP contribution in [0.4, 0.5) is 0 Å². The van der Waals surface area contributed by atoms with Crippen molar-refractivity contribution in [3.63, 3.8) is 0 Å². The number of carbonyl (C=O) groups excluding carboxylic acids is 2. The van der Waals surface area contributed by atoms with Gasteiger partial charge in [0.25, 0.3) is 0 Å². The van der Waals surface area contributed by atoms with Crippen LogP contribution >= 0.6 is 11.8 Å². The topological polar surface area (TPSA) is 109 Å². The Bertz CT molecular complexity index is 493. The summed E-state index contributed by atoms with van der Waals surface area (Å²) in [5.74, 6) is -1.54. The average molecular weight is 310 g/mol. The molecule has 1 rings (SSSR count). The molecule has 2 amide bonds.